The number of nitrogens with zero attached hydrogens (tertiary/aromatic N) is 1. The number of ether oxygens (including phenoxy) is 1. The van der Waals surface area contributed by atoms with E-state index in [4.69, 9.17) is 9.84 Å². The Hall–Kier alpha value is -3.26. The molecule has 2 amide bonds. The number of aliphatic hydroxyl groups excluding tert-OH is 1. The molecule has 0 aliphatic carbocycles. The summed E-state index contributed by atoms with van der Waals surface area (Å²) in [6.45, 7) is -0.832. The van der Waals surface area contributed by atoms with Gasteiger partial charge in [0.2, 0.25) is 0 Å². The summed E-state index contributed by atoms with van der Waals surface area (Å²) in [5, 5.41) is 14.8. The van der Waals surface area contributed by atoms with Crippen LogP contribution < -0.4 is 15.5 Å². The minimum absolute atomic E-state index is 0.197. The van der Waals surface area contributed by atoms with Crippen molar-refractivity contribution in [3.05, 3.63) is 59.9 Å². The van der Waals surface area contributed by atoms with Crippen LogP contribution in [-0.2, 0) is 9.59 Å². The lowest BCUT2D eigenvalue weighted by Gasteiger charge is -2.07. The Labute approximate surface area is 143 Å². The third-order valence-corrected chi connectivity index (χ3v) is 2.92. The second kappa shape index (κ2) is 9.14. The van der Waals surface area contributed by atoms with Gasteiger partial charge in [-0.05, 0) is 54.1 Å². The molecule has 25 heavy (non-hydrogen) atoms. The van der Waals surface area contributed by atoms with Gasteiger partial charge in [0, 0.05) is 5.69 Å². The number of aliphatic hydroxyl groups is 1. The largest absolute Gasteiger partial charge is 0.484 e. The molecule has 0 radical (unpaired) electrons. The third-order valence-electron chi connectivity index (χ3n) is 2.92. The van der Waals surface area contributed by atoms with Crippen LogP contribution in [0.3, 0.4) is 0 Å². The van der Waals surface area contributed by atoms with Crippen LogP contribution >= 0.6 is 0 Å². The van der Waals surface area contributed by atoms with Crippen LogP contribution in [0.4, 0.5) is 10.1 Å². The maximum absolute atomic E-state index is 12.8. The van der Waals surface area contributed by atoms with Crippen LogP contribution in [0.15, 0.2) is 53.6 Å². The van der Waals surface area contributed by atoms with Crippen LogP contribution in [0.1, 0.15) is 5.56 Å². The Morgan fingerprint density at radius 2 is 1.76 bits per heavy atom. The first kappa shape index (κ1) is 18.1. The highest BCUT2D eigenvalue weighted by Gasteiger charge is 2.04. The second-order valence-electron chi connectivity index (χ2n) is 4.86. The summed E-state index contributed by atoms with van der Waals surface area (Å²) >= 11 is 0. The van der Waals surface area contributed by atoms with Crippen molar-refractivity contribution >= 4 is 23.7 Å². The zero-order valence-corrected chi connectivity index (χ0v) is 13.1. The first-order valence-electron chi connectivity index (χ1n) is 7.28. The molecule has 0 atom stereocenters. The molecule has 7 nitrogen and oxygen atoms in total. The van der Waals surface area contributed by atoms with Gasteiger partial charge in [-0.3, -0.25) is 9.59 Å². The van der Waals surface area contributed by atoms with Crippen LogP contribution in [0, 0.1) is 5.82 Å². The highest BCUT2D eigenvalue weighted by Crippen LogP contribution is 2.12. The molecule has 2 aromatic carbocycles. The second-order valence-corrected chi connectivity index (χ2v) is 4.86. The van der Waals surface area contributed by atoms with Gasteiger partial charge in [-0.2, -0.15) is 5.10 Å². The van der Waals surface area contributed by atoms with Crippen LogP contribution in [-0.4, -0.2) is 36.3 Å². The molecule has 0 heterocycles. The predicted octanol–water partition coefficient (Wildman–Crippen LogP) is 1.29. The number of hydrogen-bond donors (Lipinski definition) is 3. The Morgan fingerprint density at radius 3 is 2.40 bits per heavy atom. The van der Waals surface area contributed by atoms with Crippen molar-refractivity contribution in [2.75, 3.05) is 18.5 Å². The summed E-state index contributed by atoms with van der Waals surface area (Å²) in [6.07, 6.45) is 1.40. The summed E-state index contributed by atoms with van der Waals surface area (Å²) in [7, 11) is 0. The normalized spacial score (nSPS) is 10.5. The van der Waals surface area contributed by atoms with E-state index in [0.29, 0.717) is 17.0 Å². The molecule has 3 N–H and O–H groups in total. The number of carbonyl (C=O) groups excluding carboxylic acids is 2. The first-order chi connectivity index (χ1) is 12.1. The number of nitrogens with one attached hydrogen (secondary N) is 2. The fourth-order valence-electron chi connectivity index (χ4n) is 1.74. The Kier molecular flexibility index (Phi) is 6.61. The highest BCUT2D eigenvalue weighted by molar-refractivity contribution is 5.91. The number of halogens is 1. The fourth-order valence-corrected chi connectivity index (χ4v) is 1.74. The van der Waals surface area contributed by atoms with Gasteiger partial charge in [0.05, 0.1) is 6.21 Å². The van der Waals surface area contributed by atoms with Gasteiger partial charge < -0.3 is 15.2 Å². The molecule has 0 aromatic heterocycles. The molecule has 0 aliphatic heterocycles. The molecule has 0 unspecified atom stereocenters. The van der Waals surface area contributed by atoms with E-state index in [1.165, 1.54) is 30.5 Å². The maximum atomic E-state index is 12.8. The van der Waals surface area contributed by atoms with E-state index in [1.54, 1.807) is 24.3 Å². The fraction of sp³-hybridized carbons (Fsp3) is 0.118. The van der Waals surface area contributed by atoms with Crippen molar-refractivity contribution in [3.63, 3.8) is 0 Å². The van der Waals surface area contributed by atoms with Gasteiger partial charge >= 0.3 is 0 Å². The number of rotatable bonds is 7. The molecule has 130 valence electrons. The lowest BCUT2D eigenvalue weighted by atomic mass is 10.2. The average Bonchev–Trinajstić information content (AvgIpc) is 2.63. The maximum Gasteiger partial charge on any atom is 0.265 e. The van der Waals surface area contributed by atoms with Crippen molar-refractivity contribution < 1.29 is 23.8 Å². The van der Waals surface area contributed by atoms with Crippen molar-refractivity contribution in [2.24, 2.45) is 5.10 Å². The van der Waals surface area contributed by atoms with Gasteiger partial charge in [-0.25, -0.2) is 9.82 Å². The van der Waals surface area contributed by atoms with Crippen molar-refractivity contribution in [1.29, 1.82) is 0 Å². The summed E-state index contributed by atoms with van der Waals surface area (Å²) in [4.78, 5) is 22.6. The minimum atomic E-state index is -0.635. The van der Waals surface area contributed by atoms with Gasteiger partial charge in [0.15, 0.2) is 6.61 Å². The first-order valence-corrected chi connectivity index (χ1v) is 7.28. The SMILES string of the molecule is O=C(CO)N/N=C\c1ccc(OCC(=O)Nc2ccc(F)cc2)cc1. The summed E-state index contributed by atoms with van der Waals surface area (Å²) < 4.78 is 18.1. The number of hydrazone groups is 1. The van der Waals surface area contributed by atoms with Crippen LogP contribution in [0.2, 0.25) is 0 Å². The monoisotopic (exact) mass is 345 g/mol. The quantitative estimate of drug-likeness (QED) is 0.520. The third kappa shape index (κ3) is 6.40. The Balaban J connectivity index is 1.79. The zero-order chi connectivity index (χ0) is 18.1. The Bertz CT molecular complexity index is 745. The topological polar surface area (TPSA) is 100 Å². The molecule has 0 saturated carbocycles. The van der Waals surface area contributed by atoms with E-state index >= 15 is 0 Å². The van der Waals surface area contributed by atoms with Crippen LogP contribution in [0.5, 0.6) is 5.75 Å². The zero-order valence-electron chi connectivity index (χ0n) is 13.1. The predicted molar refractivity (Wildman–Crippen MR) is 89.8 cm³/mol. The summed E-state index contributed by atoms with van der Waals surface area (Å²) in [5.41, 5.74) is 3.31. The summed E-state index contributed by atoms with van der Waals surface area (Å²) in [5.74, 6) is -0.882. The number of hydrogen-bond acceptors (Lipinski definition) is 5. The molecule has 2 rings (SSSR count). The molecular weight excluding hydrogens is 329 g/mol. The minimum Gasteiger partial charge on any atom is -0.484 e. The van der Waals surface area contributed by atoms with Gasteiger partial charge in [-0.15, -0.1) is 0 Å². The van der Waals surface area contributed by atoms with E-state index in [-0.39, 0.29) is 18.3 Å². The van der Waals surface area contributed by atoms with E-state index in [2.05, 4.69) is 15.8 Å². The van der Waals surface area contributed by atoms with E-state index < -0.39 is 12.5 Å². The van der Waals surface area contributed by atoms with E-state index in [9.17, 15) is 14.0 Å². The standard InChI is InChI=1S/C17H16FN3O4/c18-13-3-5-14(6-4-13)20-17(24)11-25-15-7-1-12(2-8-15)9-19-21-16(23)10-22/h1-9,22H,10-11H2,(H,20,24)(H,21,23)/b19-9-. The van der Waals surface area contributed by atoms with Gasteiger partial charge in [0.1, 0.15) is 18.2 Å². The lowest BCUT2D eigenvalue weighted by molar-refractivity contribution is -0.123. The summed E-state index contributed by atoms with van der Waals surface area (Å²) in [6, 6.07) is 12.1. The number of anilines is 1. The molecule has 0 fully saturated rings. The van der Waals surface area contributed by atoms with E-state index in [0.717, 1.165) is 0 Å². The molecule has 0 bridgehead atoms. The van der Waals surface area contributed by atoms with E-state index in [1.807, 2.05) is 0 Å². The van der Waals surface area contributed by atoms with Crippen LogP contribution in [0.25, 0.3) is 0 Å². The average molecular weight is 345 g/mol. The van der Waals surface area contributed by atoms with Gasteiger partial charge in [0.25, 0.3) is 11.8 Å². The smallest absolute Gasteiger partial charge is 0.265 e. The molecule has 2 aromatic rings. The highest BCUT2D eigenvalue weighted by atomic mass is 19.1. The van der Waals surface area contributed by atoms with Crippen molar-refractivity contribution in [1.82, 2.24) is 5.43 Å². The van der Waals surface area contributed by atoms with Gasteiger partial charge in [-0.1, -0.05) is 0 Å². The molecule has 0 aliphatic rings. The lowest BCUT2D eigenvalue weighted by Crippen LogP contribution is -2.20. The number of amides is 2. The molecular formula is C17H16FN3O4. The number of carbonyl (C=O) groups is 2. The molecule has 8 heteroatoms. The molecule has 0 spiro atoms. The number of benzene rings is 2. The Morgan fingerprint density at radius 1 is 1.08 bits per heavy atom. The van der Waals surface area contributed by atoms with Crippen molar-refractivity contribution in [2.45, 2.75) is 0 Å². The van der Waals surface area contributed by atoms with Crippen molar-refractivity contribution in [3.8, 4) is 5.75 Å². The molecule has 0 saturated heterocycles.